The number of anilines is 1. The number of hydrogen-bond donors (Lipinski definition) is 2. The van der Waals surface area contributed by atoms with Crippen LogP contribution in [0.5, 0.6) is 5.75 Å². The Hall–Kier alpha value is -2.35. The van der Waals surface area contributed by atoms with E-state index in [-0.39, 0.29) is 12.3 Å². The van der Waals surface area contributed by atoms with E-state index >= 15 is 0 Å². The minimum absolute atomic E-state index is 0.0594. The molecule has 1 fully saturated rings. The van der Waals surface area contributed by atoms with Crippen LogP contribution in [0.4, 0.5) is 5.69 Å². The maximum Gasteiger partial charge on any atom is 0.308 e. The number of nitrogens with zero attached hydrogens (tertiary/aromatic N) is 1. The summed E-state index contributed by atoms with van der Waals surface area (Å²) in [5, 5.41) is 6.17. The third kappa shape index (κ3) is 4.10. The molecule has 1 aliphatic rings. The summed E-state index contributed by atoms with van der Waals surface area (Å²) in [7, 11) is 2.86. The number of benzene rings is 1. The van der Waals surface area contributed by atoms with Crippen molar-refractivity contribution >= 4 is 34.9 Å². The summed E-state index contributed by atoms with van der Waals surface area (Å²) in [4.78, 5) is 25.3. The summed E-state index contributed by atoms with van der Waals surface area (Å²) in [5.41, 5.74) is 0.697. The summed E-state index contributed by atoms with van der Waals surface area (Å²) < 4.78 is 9.92. The predicted octanol–water partition coefficient (Wildman–Crippen LogP) is 0.756. The van der Waals surface area contributed by atoms with Gasteiger partial charge in [-0.2, -0.15) is 0 Å². The lowest BCUT2D eigenvalue weighted by Gasteiger charge is -2.36. The zero-order chi connectivity index (χ0) is 16.8. The molecule has 1 heterocycles. The molecule has 1 amide bonds. The van der Waals surface area contributed by atoms with Crippen LogP contribution in [0.15, 0.2) is 24.3 Å². The fraction of sp³-hybridized carbons (Fsp3) is 0.400. The van der Waals surface area contributed by atoms with Gasteiger partial charge in [-0.1, -0.05) is 12.1 Å². The van der Waals surface area contributed by atoms with E-state index in [4.69, 9.17) is 17.0 Å². The van der Waals surface area contributed by atoms with Crippen LogP contribution in [0.25, 0.3) is 0 Å². The van der Waals surface area contributed by atoms with Crippen molar-refractivity contribution in [3.63, 3.8) is 0 Å². The number of carbonyl (C=O) groups is 2. The lowest BCUT2D eigenvalue weighted by Crippen LogP contribution is -2.58. The first-order valence-corrected chi connectivity index (χ1v) is 7.52. The quantitative estimate of drug-likeness (QED) is 0.620. The molecule has 7 nitrogen and oxygen atoms in total. The molecule has 1 atom stereocenters. The normalized spacial score (nSPS) is 17.2. The van der Waals surface area contributed by atoms with Crippen LogP contribution >= 0.6 is 12.2 Å². The van der Waals surface area contributed by atoms with E-state index < -0.39 is 12.0 Å². The molecule has 1 aromatic carbocycles. The van der Waals surface area contributed by atoms with E-state index in [1.807, 2.05) is 18.2 Å². The maximum atomic E-state index is 12.1. The van der Waals surface area contributed by atoms with Gasteiger partial charge < -0.3 is 25.0 Å². The molecule has 1 aromatic rings. The maximum absolute atomic E-state index is 12.1. The van der Waals surface area contributed by atoms with Gasteiger partial charge in [-0.25, -0.2) is 0 Å². The van der Waals surface area contributed by atoms with E-state index in [9.17, 15) is 9.59 Å². The van der Waals surface area contributed by atoms with Gasteiger partial charge in [0.15, 0.2) is 5.11 Å². The van der Waals surface area contributed by atoms with E-state index in [1.165, 1.54) is 7.11 Å². The van der Waals surface area contributed by atoms with Crippen LogP contribution in [0.1, 0.15) is 6.42 Å². The van der Waals surface area contributed by atoms with Crippen LogP contribution in [0.3, 0.4) is 0 Å². The summed E-state index contributed by atoms with van der Waals surface area (Å²) in [6, 6.07) is 6.64. The molecule has 23 heavy (non-hydrogen) atoms. The third-order valence-corrected chi connectivity index (χ3v) is 3.86. The minimum Gasteiger partial charge on any atom is -0.495 e. The second kappa shape index (κ2) is 7.77. The topological polar surface area (TPSA) is 79.9 Å². The second-order valence-electron chi connectivity index (χ2n) is 4.91. The minimum atomic E-state index is -0.689. The Kier molecular flexibility index (Phi) is 5.75. The molecule has 0 radical (unpaired) electrons. The Morgan fingerprint density at radius 1 is 1.43 bits per heavy atom. The summed E-state index contributed by atoms with van der Waals surface area (Å²) >= 11 is 5.41. The Morgan fingerprint density at radius 3 is 2.87 bits per heavy atom. The molecule has 1 saturated heterocycles. The molecule has 0 aliphatic carbocycles. The summed E-state index contributed by atoms with van der Waals surface area (Å²) in [5.74, 6) is -0.0659. The first-order valence-electron chi connectivity index (χ1n) is 7.12. The fourth-order valence-corrected chi connectivity index (χ4v) is 2.67. The van der Waals surface area contributed by atoms with Gasteiger partial charge >= 0.3 is 5.97 Å². The van der Waals surface area contributed by atoms with Crippen molar-refractivity contribution in [3.05, 3.63) is 24.3 Å². The van der Waals surface area contributed by atoms with Crippen molar-refractivity contribution in [2.75, 3.05) is 32.6 Å². The monoisotopic (exact) mass is 337 g/mol. The van der Waals surface area contributed by atoms with Crippen molar-refractivity contribution in [2.24, 2.45) is 0 Å². The molecule has 0 aromatic heterocycles. The highest BCUT2D eigenvalue weighted by atomic mass is 32.1. The number of methoxy groups -OCH3 is 2. The van der Waals surface area contributed by atoms with Crippen LogP contribution in [0, 0.1) is 0 Å². The van der Waals surface area contributed by atoms with Crippen molar-refractivity contribution in [1.82, 2.24) is 10.2 Å². The molecule has 1 aliphatic heterocycles. The van der Waals surface area contributed by atoms with Gasteiger partial charge in [0, 0.05) is 13.1 Å². The Morgan fingerprint density at radius 2 is 2.17 bits per heavy atom. The van der Waals surface area contributed by atoms with Crippen LogP contribution in [-0.4, -0.2) is 55.2 Å². The first-order chi connectivity index (χ1) is 11.1. The van der Waals surface area contributed by atoms with Gasteiger partial charge in [-0.05, 0) is 24.4 Å². The van der Waals surface area contributed by atoms with Crippen molar-refractivity contribution in [3.8, 4) is 5.75 Å². The van der Waals surface area contributed by atoms with E-state index in [0.29, 0.717) is 29.6 Å². The van der Waals surface area contributed by atoms with Crippen molar-refractivity contribution < 1.29 is 19.1 Å². The zero-order valence-corrected chi connectivity index (χ0v) is 13.8. The van der Waals surface area contributed by atoms with E-state index in [0.717, 1.165) is 0 Å². The van der Waals surface area contributed by atoms with Gasteiger partial charge in [-0.3, -0.25) is 9.59 Å². The number of rotatable bonds is 4. The number of esters is 1. The number of hydrogen-bond acceptors (Lipinski definition) is 5. The lowest BCUT2D eigenvalue weighted by molar-refractivity contribution is -0.144. The largest absolute Gasteiger partial charge is 0.495 e. The van der Waals surface area contributed by atoms with Crippen molar-refractivity contribution in [2.45, 2.75) is 12.5 Å². The third-order valence-electron chi connectivity index (χ3n) is 3.53. The zero-order valence-electron chi connectivity index (χ0n) is 13.0. The van der Waals surface area contributed by atoms with Crippen molar-refractivity contribution in [1.29, 1.82) is 0 Å². The fourth-order valence-electron chi connectivity index (χ4n) is 2.34. The number of para-hydroxylation sites is 2. The van der Waals surface area contributed by atoms with Crippen LogP contribution < -0.4 is 15.4 Å². The molecule has 0 bridgehead atoms. The molecule has 124 valence electrons. The summed E-state index contributed by atoms with van der Waals surface area (Å²) in [6.45, 7) is 0.971. The van der Waals surface area contributed by atoms with Gasteiger partial charge in [0.1, 0.15) is 11.8 Å². The molecular weight excluding hydrogens is 318 g/mol. The van der Waals surface area contributed by atoms with E-state index in [2.05, 4.69) is 15.4 Å². The Bertz CT molecular complexity index is 608. The number of nitrogens with one attached hydrogen (secondary N) is 2. The summed E-state index contributed by atoms with van der Waals surface area (Å²) in [6.07, 6.45) is -0.0594. The molecule has 0 spiro atoms. The molecule has 2 rings (SSSR count). The van der Waals surface area contributed by atoms with E-state index in [1.54, 1.807) is 18.1 Å². The predicted molar refractivity (Wildman–Crippen MR) is 89.4 cm³/mol. The number of amides is 1. The number of carbonyl (C=O) groups excluding carboxylic acids is 2. The van der Waals surface area contributed by atoms with Gasteiger partial charge in [0.25, 0.3) is 0 Å². The highest BCUT2D eigenvalue weighted by Crippen LogP contribution is 2.24. The van der Waals surface area contributed by atoms with Crippen LogP contribution in [-0.2, 0) is 14.3 Å². The Labute approximate surface area is 139 Å². The number of thiocarbonyl (C=S) groups is 1. The molecule has 8 heteroatoms. The highest BCUT2D eigenvalue weighted by Gasteiger charge is 2.33. The van der Waals surface area contributed by atoms with Gasteiger partial charge in [0.05, 0.1) is 26.3 Å². The Balaban J connectivity index is 2.14. The number of ether oxygens (including phenoxy) is 2. The molecule has 0 unspecified atom stereocenters. The first kappa shape index (κ1) is 17.0. The molecule has 0 saturated carbocycles. The number of piperazine rings is 1. The highest BCUT2D eigenvalue weighted by molar-refractivity contribution is 7.80. The SMILES string of the molecule is COC(=O)C[C@H]1C(=O)NCCN1C(=S)Nc1ccccc1OC. The van der Waals surface area contributed by atoms with Crippen LogP contribution in [0.2, 0.25) is 0 Å². The average molecular weight is 337 g/mol. The smallest absolute Gasteiger partial charge is 0.308 e. The second-order valence-corrected chi connectivity index (χ2v) is 5.30. The molecular formula is C15H19N3O4S. The van der Waals surface area contributed by atoms with Gasteiger partial charge in [0.2, 0.25) is 5.91 Å². The standard InChI is InChI=1S/C15H19N3O4S/c1-21-12-6-4-3-5-10(12)17-15(23)18-8-7-16-14(20)11(18)9-13(19)22-2/h3-6,11H,7-9H2,1-2H3,(H,16,20)(H,17,23)/t11-/m0/s1. The molecule has 2 N–H and O–H groups in total. The van der Waals surface area contributed by atoms with Gasteiger partial charge in [-0.15, -0.1) is 0 Å². The lowest BCUT2D eigenvalue weighted by atomic mass is 10.1. The average Bonchev–Trinajstić information content (AvgIpc) is 2.56.